The fourth-order valence-electron chi connectivity index (χ4n) is 4.25. The van der Waals surface area contributed by atoms with Crippen LogP contribution in [-0.4, -0.2) is 65.0 Å². The Morgan fingerprint density at radius 3 is 2.45 bits per heavy atom. The zero-order valence-corrected chi connectivity index (χ0v) is 17.8. The number of rotatable bonds is 5. The van der Waals surface area contributed by atoms with Crippen LogP contribution in [0.4, 0.5) is 0 Å². The summed E-state index contributed by atoms with van der Waals surface area (Å²) in [5.41, 5.74) is 0.172. The molecule has 2 amide bonds. The molecule has 1 spiro atoms. The number of amides is 2. The molecule has 1 aromatic heterocycles. The zero-order chi connectivity index (χ0) is 22.0. The minimum Gasteiger partial charge on any atom is -0.347 e. The number of nitrogens with zero attached hydrogens (tertiary/aromatic N) is 2. The lowest BCUT2D eigenvalue weighted by Crippen LogP contribution is -2.55. The van der Waals surface area contributed by atoms with Gasteiger partial charge in [-0.15, -0.1) is 0 Å². The Morgan fingerprint density at radius 1 is 1.16 bits per heavy atom. The molecule has 3 heterocycles. The van der Waals surface area contributed by atoms with Crippen LogP contribution in [0.1, 0.15) is 32.4 Å². The summed E-state index contributed by atoms with van der Waals surface area (Å²) in [7, 11) is 0. The van der Waals surface area contributed by atoms with Gasteiger partial charge in [0.15, 0.2) is 5.79 Å². The van der Waals surface area contributed by atoms with Crippen molar-refractivity contribution in [2.45, 2.75) is 44.9 Å². The number of fused-ring (bicyclic) bond motifs is 1. The van der Waals surface area contributed by atoms with Gasteiger partial charge in [0.1, 0.15) is 6.04 Å². The van der Waals surface area contributed by atoms with E-state index in [9.17, 15) is 14.4 Å². The molecule has 2 N–H and O–H groups in total. The van der Waals surface area contributed by atoms with Gasteiger partial charge in [-0.05, 0) is 12.0 Å². The third-order valence-electron chi connectivity index (χ3n) is 6.00. The normalized spacial score (nSPS) is 19.1. The number of benzene rings is 1. The Labute approximate surface area is 180 Å². The fraction of sp³-hybridized carbons (Fsp3) is 0.545. The molecule has 0 saturated carbocycles. The summed E-state index contributed by atoms with van der Waals surface area (Å²) < 4.78 is 11.5. The van der Waals surface area contributed by atoms with Crippen LogP contribution in [0.5, 0.6) is 0 Å². The molecule has 2 aromatic rings. The van der Waals surface area contributed by atoms with Crippen LogP contribution in [-0.2, 0) is 25.5 Å². The summed E-state index contributed by atoms with van der Waals surface area (Å²) in [5, 5.41) is 10.5. The van der Waals surface area contributed by atoms with E-state index < -0.39 is 11.8 Å². The molecule has 2 aliphatic heterocycles. The van der Waals surface area contributed by atoms with E-state index >= 15 is 0 Å². The quantitative estimate of drug-likeness (QED) is 0.734. The molecule has 166 valence electrons. The van der Waals surface area contributed by atoms with Crippen LogP contribution in [0.2, 0.25) is 0 Å². The predicted molar refractivity (Wildman–Crippen MR) is 113 cm³/mol. The second kappa shape index (κ2) is 8.76. The van der Waals surface area contributed by atoms with Crippen molar-refractivity contribution in [1.29, 1.82) is 0 Å². The lowest BCUT2D eigenvalue weighted by Gasteiger charge is -2.39. The van der Waals surface area contributed by atoms with E-state index in [0.29, 0.717) is 55.6 Å². The number of nitrogens with one attached hydrogen (secondary N) is 2. The van der Waals surface area contributed by atoms with Gasteiger partial charge in [-0.3, -0.25) is 14.4 Å². The molecule has 9 nitrogen and oxygen atoms in total. The van der Waals surface area contributed by atoms with Crippen LogP contribution in [0.15, 0.2) is 29.1 Å². The smallest absolute Gasteiger partial charge is 0.272 e. The van der Waals surface area contributed by atoms with E-state index in [0.717, 1.165) is 0 Å². The molecular weight excluding hydrogens is 400 g/mol. The minimum atomic E-state index is -0.638. The number of H-pyrrole nitrogens is 1. The summed E-state index contributed by atoms with van der Waals surface area (Å²) in [4.78, 5) is 39.7. The highest BCUT2D eigenvalue weighted by molar-refractivity contribution is 5.91. The van der Waals surface area contributed by atoms with Crippen molar-refractivity contribution < 1.29 is 19.1 Å². The highest BCUT2D eigenvalue weighted by Gasteiger charge is 2.42. The first-order chi connectivity index (χ1) is 14.9. The molecule has 1 aromatic carbocycles. The molecule has 9 heteroatoms. The van der Waals surface area contributed by atoms with Crippen LogP contribution >= 0.6 is 0 Å². The molecule has 1 unspecified atom stereocenters. The molecule has 2 saturated heterocycles. The van der Waals surface area contributed by atoms with Gasteiger partial charge in [-0.25, -0.2) is 5.10 Å². The van der Waals surface area contributed by atoms with Gasteiger partial charge >= 0.3 is 0 Å². The van der Waals surface area contributed by atoms with E-state index in [2.05, 4.69) is 15.5 Å². The van der Waals surface area contributed by atoms with Crippen molar-refractivity contribution in [2.24, 2.45) is 5.92 Å². The van der Waals surface area contributed by atoms with E-state index in [1.54, 1.807) is 29.2 Å². The summed E-state index contributed by atoms with van der Waals surface area (Å²) in [6.45, 7) is 6.06. The van der Waals surface area contributed by atoms with Crippen molar-refractivity contribution in [1.82, 2.24) is 20.4 Å². The maximum absolute atomic E-state index is 13.2. The zero-order valence-electron chi connectivity index (χ0n) is 17.8. The SMILES string of the molecule is CC(C)C(NC(=O)Cc1n[nH]c(=O)c2ccccc12)C(=O)N1CCC2(CC1)OCCO2. The van der Waals surface area contributed by atoms with Gasteiger partial charge in [0.05, 0.1) is 30.7 Å². The molecule has 0 bridgehead atoms. The summed E-state index contributed by atoms with van der Waals surface area (Å²) >= 11 is 0. The summed E-state index contributed by atoms with van der Waals surface area (Å²) in [5.74, 6) is -1.04. The van der Waals surface area contributed by atoms with Gasteiger partial charge in [0.2, 0.25) is 11.8 Å². The maximum atomic E-state index is 13.2. The van der Waals surface area contributed by atoms with Gasteiger partial charge in [0, 0.05) is 31.3 Å². The number of aromatic nitrogens is 2. The molecule has 0 radical (unpaired) electrons. The number of hydrogen-bond donors (Lipinski definition) is 2. The number of hydrogen-bond acceptors (Lipinski definition) is 6. The first-order valence-electron chi connectivity index (χ1n) is 10.7. The van der Waals surface area contributed by atoms with E-state index in [4.69, 9.17) is 9.47 Å². The Balaban J connectivity index is 1.42. The maximum Gasteiger partial charge on any atom is 0.272 e. The highest BCUT2D eigenvalue weighted by atomic mass is 16.7. The molecule has 2 fully saturated rings. The molecular formula is C22H28N4O5. The molecule has 4 rings (SSSR count). The monoisotopic (exact) mass is 428 g/mol. The number of piperidine rings is 1. The van der Waals surface area contributed by atoms with E-state index in [1.807, 2.05) is 13.8 Å². The van der Waals surface area contributed by atoms with Gasteiger partial charge in [0.25, 0.3) is 5.56 Å². The van der Waals surface area contributed by atoms with E-state index in [1.165, 1.54) is 0 Å². The third-order valence-corrected chi connectivity index (χ3v) is 6.00. The molecule has 0 aliphatic carbocycles. The lowest BCUT2D eigenvalue weighted by molar-refractivity contribution is -0.188. The fourth-order valence-corrected chi connectivity index (χ4v) is 4.25. The van der Waals surface area contributed by atoms with Gasteiger partial charge < -0.3 is 19.7 Å². The number of aromatic amines is 1. The topological polar surface area (TPSA) is 114 Å². The average Bonchev–Trinajstić information content (AvgIpc) is 3.22. The second-order valence-corrected chi connectivity index (χ2v) is 8.44. The Morgan fingerprint density at radius 2 is 1.81 bits per heavy atom. The Kier molecular flexibility index (Phi) is 6.06. The largest absolute Gasteiger partial charge is 0.347 e. The van der Waals surface area contributed by atoms with Crippen LogP contribution in [0.3, 0.4) is 0 Å². The summed E-state index contributed by atoms with van der Waals surface area (Å²) in [6.07, 6.45) is 1.23. The number of carbonyl (C=O) groups excluding carboxylic acids is 2. The first-order valence-corrected chi connectivity index (χ1v) is 10.7. The Hall–Kier alpha value is -2.78. The van der Waals surface area contributed by atoms with Crippen molar-refractivity contribution in [3.63, 3.8) is 0 Å². The summed E-state index contributed by atoms with van der Waals surface area (Å²) in [6, 6.07) is 6.38. The minimum absolute atomic E-state index is 0.0292. The van der Waals surface area contributed by atoms with Crippen molar-refractivity contribution in [3.05, 3.63) is 40.3 Å². The van der Waals surface area contributed by atoms with Crippen LogP contribution in [0.25, 0.3) is 10.8 Å². The number of carbonyl (C=O) groups is 2. The van der Waals surface area contributed by atoms with Gasteiger partial charge in [-0.2, -0.15) is 5.10 Å². The molecule has 2 aliphatic rings. The first kappa shape index (κ1) is 21.5. The van der Waals surface area contributed by atoms with E-state index in [-0.39, 0.29) is 29.7 Å². The second-order valence-electron chi connectivity index (χ2n) is 8.44. The Bertz CT molecular complexity index is 1020. The highest BCUT2D eigenvalue weighted by Crippen LogP contribution is 2.31. The van der Waals surface area contributed by atoms with Crippen LogP contribution in [0, 0.1) is 5.92 Å². The van der Waals surface area contributed by atoms with Gasteiger partial charge in [-0.1, -0.05) is 32.0 Å². The molecule has 1 atom stereocenters. The van der Waals surface area contributed by atoms with Crippen molar-refractivity contribution in [3.8, 4) is 0 Å². The standard InChI is InChI=1S/C22H28N4O5/c1-14(2)19(21(29)26-9-7-22(8-10-26)30-11-12-31-22)23-18(27)13-17-15-5-3-4-6-16(15)20(28)25-24-17/h3-6,14,19H,7-13H2,1-2H3,(H,23,27)(H,25,28). The lowest BCUT2D eigenvalue weighted by atomic mass is 9.98. The van der Waals surface area contributed by atoms with Crippen LogP contribution < -0.4 is 10.9 Å². The third kappa shape index (κ3) is 4.47. The number of ether oxygens (including phenoxy) is 2. The number of likely N-dealkylation sites (tertiary alicyclic amines) is 1. The van der Waals surface area contributed by atoms with Crippen molar-refractivity contribution in [2.75, 3.05) is 26.3 Å². The predicted octanol–water partition coefficient (Wildman–Crippen LogP) is 0.972. The molecule has 31 heavy (non-hydrogen) atoms. The average molecular weight is 428 g/mol. The van der Waals surface area contributed by atoms with Crippen molar-refractivity contribution >= 4 is 22.6 Å².